The van der Waals surface area contributed by atoms with Gasteiger partial charge in [-0.15, -0.1) is 0 Å². The van der Waals surface area contributed by atoms with Crippen molar-refractivity contribution in [1.29, 1.82) is 0 Å². The van der Waals surface area contributed by atoms with Gasteiger partial charge in [0.25, 0.3) is 0 Å². The van der Waals surface area contributed by atoms with E-state index in [1.54, 1.807) is 0 Å². The van der Waals surface area contributed by atoms with Crippen molar-refractivity contribution in [1.82, 2.24) is 5.32 Å². The molecule has 20 heavy (non-hydrogen) atoms. The largest absolute Gasteiger partial charge is 0.315 e. The molecule has 0 bridgehead atoms. The zero-order valence-corrected chi connectivity index (χ0v) is 11.6. The lowest BCUT2D eigenvalue weighted by Crippen LogP contribution is -2.58. The fourth-order valence-corrected chi connectivity index (χ4v) is 2.97. The van der Waals surface area contributed by atoms with Crippen LogP contribution in [0.25, 0.3) is 0 Å². The molecule has 0 atom stereocenters. The lowest BCUT2D eigenvalue weighted by atomic mass is 9.71. The van der Waals surface area contributed by atoms with Gasteiger partial charge in [0.15, 0.2) is 0 Å². The molecule has 1 aliphatic heterocycles. The van der Waals surface area contributed by atoms with E-state index in [1.165, 1.54) is 12.1 Å². The molecular formula is C16H14ClF2N. The number of benzene rings is 2. The van der Waals surface area contributed by atoms with Crippen LogP contribution in [0.2, 0.25) is 5.02 Å². The molecule has 1 saturated heterocycles. The number of rotatable bonds is 3. The molecule has 1 nitrogen and oxygen atoms in total. The van der Waals surface area contributed by atoms with Crippen molar-refractivity contribution in [3.63, 3.8) is 0 Å². The number of nitrogens with one attached hydrogen (secondary N) is 1. The Morgan fingerprint density at radius 2 is 1.75 bits per heavy atom. The van der Waals surface area contributed by atoms with Crippen molar-refractivity contribution < 1.29 is 8.78 Å². The highest BCUT2D eigenvalue weighted by molar-refractivity contribution is 6.30. The van der Waals surface area contributed by atoms with Gasteiger partial charge in [0.1, 0.15) is 11.6 Å². The van der Waals surface area contributed by atoms with E-state index >= 15 is 0 Å². The number of hydrogen-bond acceptors (Lipinski definition) is 1. The van der Waals surface area contributed by atoms with Crippen LogP contribution >= 0.6 is 11.6 Å². The van der Waals surface area contributed by atoms with Crippen molar-refractivity contribution in [2.45, 2.75) is 11.8 Å². The predicted molar refractivity (Wildman–Crippen MR) is 76.1 cm³/mol. The minimum atomic E-state index is -0.534. The van der Waals surface area contributed by atoms with E-state index < -0.39 is 11.6 Å². The Hall–Kier alpha value is -1.45. The van der Waals surface area contributed by atoms with E-state index in [0.29, 0.717) is 17.0 Å². The second kappa shape index (κ2) is 5.15. The van der Waals surface area contributed by atoms with E-state index in [-0.39, 0.29) is 5.41 Å². The highest BCUT2D eigenvalue weighted by atomic mass is 35.5. The van der Waals surface area contributed by atoms with Crippen molar-refractivity contribution >= 4 is 11.6 Å². The molecule has 0 amide bonds. The molecule has 0 unspecified atom stereocenters. The SMILES string of the molecule is Fc1cc(F)cc(CC2(c3cccc(Cl)c3)CNC2)c1. The first-order valence-corrected chi connectivity index (χ1v) is 6.87. The molecule has 4 heteroatoms. The zero-order chi connectivity index (χ0) is 14.2. The average molecular weight is 294 g/mol. The second-order valence-corrected chi connectivity index (χ2v) is 5.79. The highest BCUT2D eigenvalue weighted by Crippen LogP contribution is 2.34. The van der Waals surface area contributed by atoms with Crippen LogP contribution in [-0.2, 0) is 11.8 Å². The molecule has 1 heterocycles. The maximum atomic E-state index is 13.3. The molecule has 1 N–H and O–H groups in total. The van der Waals surface area contributed by atoms with Crippen LogP contribution in [-0.4, -0.2) is 13.1 Å². The van der Waals surface area contributed by atoms with Gasteiger partial charge in [0.05, 0.1) is 0 Å². The van der Waals surface area contributed by atoms with Crippen LogP contribution in [0.5, 0.6) is 0 Å². The van der Waals surface area contributed by atoms with Gasteiger partial charge >= 0.3 is 0 Å². The quantitative estimate of drug-likeness (QED) is 0.910. The molecule has 3 rings (SSSR count). The van der Waals surface area contributed by atoms with Crippen LogP contribution in [0.4, 0.5) is 8.78 Å². The number of hydrogen-bond donors (Lipinski definition) is 1. The Bertz CT molecular complexity index is 618. The lowest BCUT2D eigenvalue weighted by Gasteiger charge is -2.43. The van der Waals surface area contributed by atoms with Crippen molar-refractivity contribution in [2.24, 2.45) is 0 Å². The smallest absolute Gasteiger partial charge is 0.126 e. The summed E-state index contributed by atoms with van der Waals surface area (Å²) in [5, 5.41) is 3.92. The summed E-state index contributed by atoms with van der Waals surface area (Å²) in [6.45, 7) is 1.57. The molecule has 0 spiro atoms. The van der Waals surface area contributed by atoms with Crippen molar-refractivity contribution in [3.05, 3.63) is 70.2 Å². The van der Waals surface area contributed by atoms with Crippen LogP contribution < -0.4 is 5.32 Å². The Morgan fingerprint density at radius 1 is 1.05 bits per heavy atom. The van der Waals surface area contributed by atoms with E-state index in [0.717, 1.165) is 24.7 Å². The summed E-state index contributed by atoms with van der Waals surface area (Å²) < 4.78 is 26.6. The molecule has 1 aliphatic rings. The van der Waals surface area contributed by atoms with Crippen molar-refractivity contribution in [2.75, 3.05) is 13.1 Å². The summed E-state index contributed by atoms with van der Waals surface area (Å²) in [7, 11) is 0. The Balaban J connectivity index is 1.93. The summed E-state index contributed by atoms with van der Waals surface area (Å²) in [6, 6.07) is 11.4. The Labute approximate surface area is 121 Å². The Kier molecular flexibility index (Phi) is 3.48. The summed E-state index contributed by atoms with van der Waals surface area (Å²) in [4.78, 5) is 0. The van der Waals surface area contributed by atoms with Gasteiger partial charge < -0.3 is 5.32 Å². The van der Waals surface area contributed by atoms with E-state index in [9.17, 15) is 8.78 Å². The van der Waals surface area contributed by atoms with Crippen LogP contribution in [0.1, 0.15) is 11.1 Å². The molecule has 0 saturated carbocycles. The molecule has 0 radical (unpaired) electrons. The molecule has 1 fully saturated rings. The summed E-state index contributed by atoms with van der Waals surface area (Å²) in [6.07, 6.45) is 0.592. The van der Waals surface area contributed by atoms with Gasteiger partial charge in [-0.2, -0.15) is 0 Å². The van der Waals surface area contributed by atoms with Gasteiger partial charge in [0.2, 0.25) is 0 Å². The first-order valence-electron chi connectivity index (χ1n) is 6.49. The third kappa shape index (κ3) is 2.56. The van der Waals surface area contributed by atoms with Gasteiger partial charge in [0, 0.05) is 29.6 Å². The maximum Gasteiger partial charge on any atom is 0.126 e. The third-order valence-electron chi connectivity index (χ3n) is 3.83. The maximum absolute atomic E-state index is 13.3. The van der Waals surface area contributed by atoms with Crippen LogP contribution in [0.3, 0.4) is 0 Å². The third-order valence-corrected chi connectivity index (χ3v) is 4.06. The zero-order valence-electron chi connectivity index (χ0n) is 10.8. The van der Waals surface area contributed by atoms with Gasteiger partial charge in [-0.25, -0.2) is 8.78 Å². The molecular weight excluding hydrogens is 280 g/mol. The minimum absolute atomic E-state index is 0.134. The van der Waals surface area contributed by atoms with Gasteiger partial charge in [-0.3, -0.25) is 0 Å². The van der Waals surface area contributed by atoms with Crippen molar-refractivity contribution in [3.8, 4) is 0 Å². The summed E-state index contributed by atoms with van der Waals surface area (Å²) in [5.41, 5.74) is 1.64. The topological polar surface area (TPSA) is 12.0 Å². The average Bonchev–Trinajstić information content (AvgIpc) is 2.32. The van der Waals surface area contributed by atoms with Crippen LogP contribution in [0, 0.1) is 11.6 Å². The summed E-state index contributed by atoms with van der Waals surface area (Å²) in [5.74, 6) is -1.07. The first-order chi connectivity index (χ1) is 9.57. The fourth-order valence-electron chi connectivity index (χ4n) is 2.78. The first kappa shape index (κ1) is 13.5. The van der Waals surface area contributed by atoms with E-state index in [2.05, 4.69) is 5.32 Å². The van der Waals surface area contributed by atoms with Crippen LogP contribution in [0.15, 0.2) is 42.5 Å². The second-order valence-electron chi connectivity index (χ2n) is 5.35. The van der Waals surface area contributed by atoms with E-state index in [1.807, 2.05) is 24.3 Å². The fraction of sp³-hybridized carbons (Fsp3) is 0.250. The Morgan fingerprint density at radius 3 is 2.30 bits per heavy atom. The van der Waals surface area contributed by atoms with Gasteiger partial charge in [-0.05, 0) is 41.8 Å². The highest BCUT2D eigenvalue weighted by Gasteiger charge is 2.38. The molecule has 0 aromatic heterocycles. The summed E-state index contributed by atoms with van der Waals surface area (Å²) >= 11 is 6.04. The standard InChI is InChI=1S/C16H14ClF2N/c17-13-3-1-2-12(6-13)16(9-20-10-16)8-11-4-14(18)7-15(19)5-11/h1-7,20H,8-10H2. The van der Waals surface area contributed by atoms with Gasteiger partial charge in [-0.1, -0.05) is 23.7 Å². The monoisotopic (exact) mass is 293 g/mol. The normalized spacial score (nSPS) is 16.8. The lowest BCUT2D eigenvalue weighted by molar-refractivity contribution is 0.274. The minimum Gasteiger partial charge on any atom is -0.315 e. The van der Waals surface area contributed by atoms with E-state index in [4.69, 9.17) is 11.6 Å². The predicted octanol–water partition coefficient (Wildman–Crippen LogP) is 3.70. The number of halogens is 3. The molecule has 2 aromatic rings. The molecule has 2 aromatic carbocycles. The molecule has 0 aliphatic carbocycles. The molecule has 104 valence electrons.